The van der Waals surface area contributed by atoms with E-state index in [2.05, 4.69) is 47.4 Å². The van der Waals surface area contributed by atoms with Crippen molar-refractivity contribution < 1.29 is 4.57 Å². The maximum atomic E-state index is 4.98. The van der Waals surface area contributed by atoms with Crippen LogP contribution in [0.15, 0.2) is 43.0 Å². The van der Waals surface area contributed by atoms with Crippen LogP contribution in [0.25, 0.3) is 28.1 Å². The molecule has 6 nitrogen and oxygen atoms in total. The van der Waals surface area contributed by atoms with Gasteiger partial charge in [-0.2, -0.15) is 0 Å². The van der Waals surface area contributed by atoms with Crippen LogP contribution in [0.2, 0.25) is 5.32 Å². The number of benzene rings is 1. The number of nitrogens with zero attached hydrogens (tertiary/aromatic N) is 5. The normalized spacial score (nSPS) is 11.5. The van der Waals surface area contributed by atoms with Crippen molar-refractivity contribution in [2.45, 2.75) is 11.7 Å². The second-order valence-corrected chi connectivity index (χ2v) is 6.96. The second-order valence-electron chi connectivity index (χ2n) is 6.11. The Morgan fingerprint density at radius 1 is 1.24 bits per heavy atom. The Bertz CT molecular complexity index is 1030. The van der Waals surface area contributed by atoms with Gasteiger partial charge in [0, 0.05) is 0 Å². The fourth-order valence-electron chi connectivity index (χ4n) is 3.18. The van der Waals surface area contributed by atoms with Gasteiger partial charge in [-0.25, -0.2) is 0 Å². The van der Waals surface area contributed by atoms with E-state index in [1.54, 1.807) is 0 Å². The van der Waals surface area contributed by atoms with Gasteiger partial charge >= 0.3 is 154 Å². The van der Waals surface area contributed by atoms with Crippen molar-refractivity contribution >= 4 is 38.6 Å². The van der Waals surface area contributed by atoms with E-state index in [-0.39, 0.29) is 0 Å². The Balaban J connectivity index is 1.99. The van der Waals surface area contributed by atoms with E-state index in [1.807, 2.05) is 49.5 Å². The molecule has 1 aromatic carbocycles. The number of hydrogen-bond acceptors (Lipinski definition) is 3. The first kappa shape index (κ1) is 16.1. The summed E-state index contributed by atoms with van der Waals surface area (Å²) in [5.41, 5.74) is 4.92. The SMILES string of the molecule is Cn1c[n+](C)c2ncn3c(NCCC[Se])c(-c4ccccc4)nc3c21. The predicted octanol–water partition coefficient (Wildman–Crippen LogP) is 2.10. The van der Waals surface area contributed by atoms with E-state index in [0.717, 1.165) is 52.2 Å². The van der Waals surface area contributed by atoms with Gasteiger partial charge in [0.15, 0.2) is 0 Å². The molecular weight excluding hydrogens is 379 g/mol. The van der Waals surface area contributed by atoms with Gasteiger partial charge in [0.25, 0.3) is 0 Å². The van der Waals surface area contributed by atoms with Crippen LogP contribution in [-0.4, -0.2) is 41.5 Å². The molecule has 0 saturated heterocycles. The van der Waals surface area contributed by atoms with E-state index < -0.39 is 0 Å². The summed E-state index contributed by atoms with van der Waals surface area (Å²) >= 11 is 3.06. The molecule has 0 bridgehead atoms. The first-order valence-corrected chi connectivity index (χ1v) is 9.51. The molecule has 0 unspecified atom stereocenters. The molecule has 0 atom stereocenters. The third-order valence-electron chi connectivity index (χ3n) is 4.32. The van der Waals surface area contributed by atoms with Gasteiger partial charge in [-0.15, -0.1) is 0 Å². The first-order valence-electron chi connectivity index (χ1n) is 8.30. The maximum absolute atomic E-state index is 4.98. The van der Waals surface area contributed by atoms with Gasteiger partial charge in [0.1, 0.15) is 0 Å². The quantitative estimate of drug-likeness (QED) is 0.318. The summed E-state index contributed by atoms with van der Waals surface area (Å²) in [6, 6.07) is 10.3. The molecule has 4 rings (SSSR count). The van der Waals surface area contributed by atoms with Gasteiger partial charge in [-0.05, 0) is 0 Å². The van der Waals surface area contributed by atoms with E-state index in [0.29, 0.717) is 0 Å². The van der Waals surface area contributed by atoms with Crippen molar-refractivity contribution in [2.24, 2.45) is 14.1 Å². The van der Waals surface area contributed by atoms with Gasteiger partial charge in [0.2, 0.25) is 0 Å². The van der Waals surface area contributed by atoms with E-state index in [4.69, 9.17) is 4.98 Å². The number of rotatable bonds is 5. The van der Waals surface area contributed by atoms with Crippen molar-refractivity contribution in [3.05, 3.63) is 43.0 Å². The average Bonchev–Trinajstić information content (AvgIpc) is 3.14. The molecule has 3 aromatic heterocycles. The molecule has 0 fully saturated rings. The molecule has 1 radical (unpaired) electrons. The molecule has 0 aliphatic heterocycles. The molecule has 1 N–H and O–H groups in total. The van der Waals surface area contributed by atoms with Crippen LogP contribution in [0.3, 0.4) is 0 Å². The number of fused-ring (bicyclic) bond motifs is 3. The summed E-state index contributed by atoms with van der Waals surface area (Å²) in [5, 5.41) is 4.58. The Hall–Kier alpha value is -2.37. The number of aryl methyl sites for hydroxylation is 2. The predicted molar refractivity (Wildman–Crippen MR) is 99.7 cm³/mol. The first-order chi connectivity index (χ1) is 12.2. The summed E-state index contributed by atoms with van der Waals surface area (Å²) in [6.45, 7) is 0.888. The van der Waals surface area contributed by atoms with Crippen LogP contribution in [0.5, 0.6) is 0 Å². The summed E-state index contributed by atoms with van der Waals surface area (Å²) in [6.07, 6.45) is 4.95. The molecule has 3 heterocycles. The number of imidazole rings is 2. The van der Waals surface area contributed by atoms with Crippen LogP contribution < -0.4 is 9.88 Å². The topological polar surface area (TPSA) is 51.0 Å². The van der Waals surface area contributed by atoms with E-state index in [1.165, 1.54) is 0 Å². The van der Waals surface area contributed by atoms with Crippen LogP contribution >= 0.6 is 0 Å². The van der Waals surface area contributed by atoms with Crippen LogP contribution in [-0.2, 0) is 14.1 Å². The number of nitrogens with one attached hydrogen (secondary N) is 1. The average molecular weight is 399 g/mol. The molecule has 25 heavy (non-hydrogen) atoms. The Labute approximate surface area is 154 Å². The molecule has 4 aromatic rings. The summed E-state index contributed by atoms with van der Waals surface area (Å²) < 4.78 is 6.15. The van der Waals surface area contributed by atoms with Crippen molar-refractivity contribution in [1.82, 2.24) is 18.9 Å². The van der Waals surface area contributed by atoms with Crippen LogP contribution in [0.1, 0.15) is 6.42 Å². The fourth-order valence-corrected chi connectivity index (χ4v) is 3.48. The standard InChI is InChI=1S/C18H20N6Se/c1-22-12-23(2)17-15(22)18-21-14(13-7-4-3-5-8-13)16(19-9-6-10-25)24(18)11-20-17/h3-5,7-8,11-12,19H,6,9-10H2,1-2H3/q+1. The minimum absolute atomic E-state index is 0.888. The number of aromatic nitrogens is 5. The number of anilines is 1. The van der Waals surface area contributed by atoms with Crippen LogP contribution in [0, 0.1) is 0 Å². The third kappa shape index (κ3) is 2.69. The summed E-state index contributed by atoms with van der Waals surface area (Å²) in [5.74, 6) is 0.993. The molecule has 7 heteroatoms. The monoisotopic (exact) mass is 400 g/mol. The Morgan fingerprint density at radius 3 is 2.80 bits per heavy atom. The van der Waals surface area contributed by atoms with Gasteiger partial charge in [-0.3, -0.25) is 0 Å². The van der Waals surface area contributed by atoms with Crippen molar-refractivity contribution in [3.63, 3.8) is 0 Å². The second kappa shape index (κ2) is 6.50. The van der Waals surface area contributed by atoms with Crippen molar-refractivity contribution in [3.8, 4) is 11.3 Å². The van der Waals surface area contributed by atoms with Crippen molar-refractivity contribution in [2.75, 3.05) is 11.9 Å². The van der Waals surface area contributed by atoms with Crippen LogP contribution in [0.4, 0.5) is 5.82 Å². The number of hydrogen-bond donors (Lipinski definition) is 1. The molecule has 0 aliphatic rings. The molecule has 0 spiro atoms. The molecule has 0 aliphatic carbocycles. The summed E-state index contributed by atoms with van der Waals surface area (Å²) in [7, 11) is 4.03. The third-order valence-corrected chi connectivity index (χ3v) is 4.93. The fraction of sp³-hybridized carbons (Fsp3) is 0.278. The minimum atomic E-state index is 0.888. The van der Waals surface area contributed by atoms with E-state index >= 15 is 0 Å². The Kier molecular flexibility index (Phi) is 4.19. The summed E-state index contributed by atoms with van der Waals surface area (Å²) in [4.78, 5) is 9.63. The zero-order chi connectivity index (χ0) is 17.4. The zero-order valence-corrected chi connectivity index (χ0v) is 16.0. The molecule has 0 amide bonds. The molecule has 0 saturated carbocycles. The molecular formula is C18H20N6Se+. The Morgan fingerprint density at radius 2 is 2.04 bits per heavy atom. The van der Waals surface area contributed by atoms with E-state index in [9.17, 15) is 0 Å². The van der Waals surface area contributed by atoms with Gasteiger partial charge in [-0.1, -0.05) is 0 Å². The zero-order valence-electron chi connectivity index (χ0n) is 14.3. The van der Waals surface area contributed by atoms with Crippen molar-refractivity contribution in [1.29, 1.82) is 0 Å². The molecule has 127 valence electrons. The van der Waals surface area contributed by atoms with Gasteiger partial charge < -0.3 is 0 Å². The van der Waals surface area contributed by atoms with Gasteiger partial charge in [0.05, 0.1) is 0 Å².